The molecule has 2 rings (SSSR count). The van der Waals surface area contributed by atoms with E-state index in [1.54, 1.807) is 0 Å². The summed E-state index contributed by atoms with van der Waals surface area (Å²) in [5.74, 6) is 0.789. The van der Waals surface area contributed by atoms with Gasteiger partial charge in [0.1, 0.15) is 0 Å². The fourth-order valence-corrected chi connectivity index (χ4v) is 2.93. The fraction of sp³-hybridized carbons (Fsp3) is 0.667. The molecule has 112 valence electrons. The highest BCUT2D eigenvalue weighted by molar-refractivity contribution is 5.70. The highest BCUT2D eigenvalue weighted by atomic mass is 15.1. The third-order valence-corrected chi connectivity index (χ3v) is 4.18. The quantitative estimate of drug-likeness (QED) is 0.792. The molecule has 1 aliphatic rings. The summed E-state index contributed by atoms with van der Waals surface area (Å²) in [7, 11) is 0. The van der Waals surface area contributed by atoms with Crippen molar-refractivity contribution in [2.45, 2.75) is 58.9 Å². The minimum absolute atomic E-state index is 0.545. The molecule has 20 heavy (non-hydrogen) atoms. The van der Waals surface area contributed by atoms with Crippen molar-refractivity contribution < 1.29 is 0 Å². The van der Waals surface area contributed by atoms with E-state index in [2.05, 4.69) is 55.3 Å². The molecule has 0 amide bonds. The summed E-state index contributed by atoms with van der Waals surface area (Å²) in [4.78, 5) is 2.54. The van der Waals surface area contributed by atoms with Crippen LogP contribution in [0.5, 0.6) is 0 Å². The minimum Gasteiger partial charge on any atom is -0.381 e. The Bertz CT molecular complexity index is 394. The van der Waals surface area contributed by atoms with Crippen molar-refractivity contribution in [3.05, 3.63) is 24.3 Å². The number of rotatable bonds is 6. The Morgan fingerprint density at radius 3 is 2.40 bits per heavy atom. The van der Waals surface area contributed by atoms with Crippen molar-refractivity contribution in [1.29, 1.82) is 0 Å². The van der Waals surface area contributed by atoms with Crippen molar-refractivity contribution in [2.75, 3.05) is 23.3 Å². The lowest BCUT2D eigenvalue weighted by Gasteiger charge is -2.31. The monoisotopic (exact) mass is 274 g/mol. The number of nitrogens with zero attached hydrogens (tertiary/aromatic N) is 1. The third kappa shape index (κ3) is 4.43. The maximum atomic E-state index is 3.72. The van der Waals surface area contributed by atoms with Crippen LogP contribution in [-0.4, -0.2) is 19.1 Å². The Morgan fingerprint density at radius 1 is 1.00 bits per heavy atom. The van der Waals surface area contributed by atoms with Crippen LogP contribution in [0.1, 0.15) is 52.9 Å². The maximum Gasteiger partial charge on any atom is 0.0602 e. The van der Waals surface area contributed by atoms with Gasteiger partial charge in [-0.1, -0.05) is 26.0 Å². The SMILES string of the molecule is CC(C)CCC(C)Nc1ccccc1N1CCCCC1. The smallest absolute Gasteiger partial charge is 0.0602 e. The van der Waals surface area contributed by atoms with Gasteiger partial charge in [0.25, 0.3) is 0 Å². The van der Waals surface area contributed by atoms with Crippen LogP contribution < -0.4 is 10.2 Å². The van der Waals surface area contributed by atoms with Crippen LogP contribution in [0.15, 0.2) is 24.3 Å². The zero-order valence-electron chi connectivity index (χ0n) is 13.4. The molecule has 0 spiro atoms. The second-order valence-electron chi connectivity index (χ2n) is 6.58. The summed E-state index contributed by atoms with van der Waals surface area (Å²) in [6, 6.07) is 9.35. The highest BCUT2D eigenvalue weighted by Gasteiger charge is 2.15. The highest BCUT2D eigenvalue weighted by Crippen LogP contribution is 2.29. The summed E-state index contributed by atoms with van der Waals surface area (Å²) in [6.07, 6.45) is 6.58. The second kappa shape index (κ2) is 7.56. The first-order chi connectivity index (χ1) is 9.66. The van der Waals surface area contributed by atoms with E-state index >= 15 is 0 Å². The molecule has 1 heterocycles. The Morgan fingerprint density at radius 2 is 1.70 bits per heavy atom. The predicted octanol–water partition coefficient (Wildman–Crippen LogP) is 4.91. The number of hydrogen-bond acceptors (Lipinski definition) is 2. The molecule has 1 aromatic carbocycles. The number of para-hydroxylation sites is 2. The van der Waals surface area contributed by atoms with Gasteiger partial charge in [0, 0.05) is 19.1 Å². The number of nitrogens with one attached hydrogen (secondary N) is 1. The summed E-state index contributed by atoms with van der Waals surface area (Å²) in [5.41, 5.74) is 2.70. The standard InChI is InChI=1S/C18H30N2/c1-15(2)11-12-16(3)19-17-9-5-6-10-18(17)20-13-7-4-8-14-20/h5-6,9-10,15-16,19H,4,7-8,11-14H2,1-3H3. The van der Waals surface area contributed by atoms with E-state index in [1.165, 1.54) is 56.6 Å². The topological polar surface area (TPSA) is 15.3 Å². The van der Waals surface area contributed by atoms with Crippen LogP contribution in [0, 0.1) is 5.92 Å². The largest absolute Gasteiger partial charge is 0.381 e. The van der Waals surface area contributed by atoms with Crippen molar-refractivity contribution in [3.63, 3.8) is 0 Å². The van der Waals surface area contributed by atoms with Gasteiger partial charge in [0.15, 0.2) is 0 Å². The summed E-state index contributed by atoms with van der Waals surface area (Å²) < 4.78 is 0. The molecule has 1 aromatic rings. The van der Waals surface area contributed by atoms with Crippen molar-refractivity contribution in [1.82, 2.24) is 0 Å². The van der Waals surface area contributed by atoms with E-state index in [0.717, 1.165) is 5.92 Å². The number of anilines is 2. The molecule has 2 heteroatoms. The van der Waals surface area contributed by atoms with Gasteiger partial charge in [-0.15, -0.1) is 0 Å². The molecular weight excluding hydrogens is 244 g/mol. The number of piperidine rings is 1. The van der Waals surface area contributed by atoms with E-state index in [1.807, 2.05) is 0 Å². The fourth-order valence-electron chi connectivity index (χ4n) is 2.93. The van der Waals surface area contributed by atoms with Crippen LogP contribution in [0.25, 0.3) is 0 Å². The molecule has 1 N–H and O–H groups in total. The summed E-state index contributed by atoms with van der Waals surface area (Å²) in [6.45, 7) is 9.32. The third-order valence-electron chi connectivity index (χ3n) is 4.18. The normalized spacial score (nSPS) is 17.3. The molecule has 1 fully saturated rings. The van der Waals surface area contributed by atoms with Gasteiger partial charge < -0.3 is 10.2 Å². The Balaban J connectivity index is 1.99. The molecule has 1 unspecified atom stereocenters. The first-order valence-electron chi connectivity index (χ1n) is 8.27. The van der Waals surface area contributed by atoms with E-state index in [-0.39, 0.29) is 0 Å². The van der Waals surface area contributed by atoms with Crippen molar-refractivity contribution >= 4 is 11.4 Å². The first-order valence-corrected chi connectivity index (χ1v) is 8.27. The van der Waals surface area contributed by atoms with Gasteiger partial charge in [0.2, 0.25) is 0 Å². The second-order valence-corrected chi connectivity index (χ2v) is 6.58. The van der Waals surface area contributed by atoms with Gasteiger partial charge >= 0.3 is 0 Å². The molecule has 0 bridgehead atoms. The van der Waals surface area contributed by atoms with Crippen LogP contribution >= 0.6 is 0 Å². The number of benzene rings is 1. The Hall–Kier alpha value is -1.18. The average molecular weight is 274 g/mol. The molecule has 1 atom stereocenters. The van der Waals surface area contributed by atoms with Crippen LogP contribution in [0.3, 0.4) is 0 Å². The molecule has 1 saturated heterocycles. The molecule has 1 aliphatic heterocycles. The van der Waals surface area contributed by atoms with Gasteiger partial charge in [-0.25, -0.2) is 0 Å². The van der Waals surface area contributed by atoms with Crippen LogP contribution in [0.4, 0.5) is 11.4 Å². The first kappa shape index (κ1) is 15.2. The molecule has 0 radical (unpaired) electrons. The minimum atomic E-state index is 0.545. The average Bonchev–Trinajstić information content (AvgIpc) is 2.47. The predicted molar refractivity (Wildman–Crippen MR) is 89.7 cm³/mol. The molecule has 0 saturated carbocycles. The maximum absolute atomic E-state index is 3.72. The van der Waals surface area contributed by atoms with Crippen molar-refractivity contribution in [2.24, 2.45) is 5.92 Å². The lowest BCUT2D eigenvalue weighted by molar-refractivity contribution is 0.527. The Kier molecular flexibility index (Phi) is 5.75. The summed E-state index contributed by atoms with van der Waals surface area (Å²) >= 11 is 0. The van der Waals surface area contributed by atoms with Gasteiger partial charge in [0.05, 0.1) is 11.4 Å². The molecule has 0 aliphatic carbocycles. The van der Waals surface area contributed by atoms with Crippen LogP contribution in [0.2, 0.25) is 0 Å². The lowest BCUT2D eigenvalue weighted by atomic mass is 10.0. The molecule has 2 nitrogen and oxygen atoms in total. The van der Waals surface area contributed by atoms with Gasteiger partial charge in [-0.2, -0.15) is 0 Å². The van der Waals surface area contributed by atoms with Crippen molar-refractivity contribution in [3.8, 4) is 0 Å². The van der Waals surface area contributed by atoms with Crippen LogP contribution in [-0.2, 0) is 0 Å². The van der Waals surface area contributed by atoms with Gasteiger partial charge in [-0.3, -0.25) is 0 Å². The molecular formula is C18H30N2. The zero-order valence-corrected chi connectivity index (χ0v) is 13.4. The van der Waals surface area contributed by atoms with E-state index < -0.39 is 0 Å². The van der Waals surface area contributed by atoms with E-state index in [9.17, 15) is 0 Å². The number of hydrogen-bond donors (Lipinski definition) is 1. The lowest BCUT2D eigenvalue weighted by Crippen LogP contribution is -2.30. The van der Waals surface area contributed by atoms with E-state index in [0.29, 0.717) is 6.04 Å². The zero-order chi connectivity index (χ0) is 14.4. The summed E-state index contributed by atoms with van der Waals surface area (Å²) in [5, 5.41) is 3.72. The van der Waals surface area contributed by atoms with E-state index in [4.69, 9.17) is 0 Å². The Labute approximate surface area is 124 Å². The van der Waals surface area contributed by atoms with Gasteiger partial charge in [-0.05, 0) is 57.1 Å². The molecule has 0 aromatic heterocycles.